The molecule has 0 heterocycles. The van der Waals surface area contributed by atoms with Crippen molar-refractivity contribution in [3.8, 4) is 28.0 Å². The number of fused-ring (bicyclic) bond motifs is 10. The lowest BCUT2D eigenvalue weighted by molar-refractivity contribution is 0.453. The lowest BCUT2D eigenvalue weighted by atomic mass is 9.70. The van der Waals surface area contributed by atoms with Gasteiger partial charge in [0.25, 0.3) is 0 Å². The van der Waals surface area contributed by atoms with Crippen LogP contribution in [-0.2, 0) is 5.41 Å². The molecule has 1 spiro atoms. The highest BCUT2D eigenvalue weighted by atomic mass is 16.5. The summed E-state index contributed by atoms with van der Waals surface area (Å²) < 4.78 is 5.46. The summed E-state index contributed by atoms with van der Waals surface area (Å²) in [6.45, 7) is 0. The van der Waals surface area contributed by atoms with E-state index in [9.17, 15) is 5.02 Å². The van der Waals surface area contributed by atoms with Crippen LogP contribution in [0.3, 0.4) is 0 Å². The predicted molar refractivity (Wildman–Crippen MR) is 113 cm³/mol. The summed E-state index contributed by atoms with van der Waals surface area (Å²) in [6.07, 6.45) is 0. The highest BCUT2D eigenvalue weighted by molar-refractivity contribution is 6.17. The van der Waals surface area contributed by atoms with E-state index in [1.165, 1.54) is 44.5 Å². The van der Waals surface area contributed by atoms with Gasteiger partial charge in [0.2, 0.25) is 0 Å². The van der Waals surface area contributed by atoms with Crippen LogP contribution in [0.4, 0.5) is 0 Å². The number of benzene rings is 4. The van der Waals surface area contributed by atoms with Gasteiger partial charge in [-0.2, -0.15) is 0 Å². The minimum Gasteiger partial charge on any atom is -0.539 e. The summed E-state index contributed by atoms with van der Waals surface area (Å²) in [4.78, 5) is 0. The van der Waals surface area contributed by atoms with Gasteiger partial charge in [-0.3, -0.25) is 0 Å². The Bertz CT molecular complexity index is 1180. The van der Waals surface area contributed by atoms with Crippen molar-refractivity contribution < 1.29 is 9.68 Å². The van der Waals surface area contributed by atoms with Crippen molar-refractivity contribution in [2.45, 2.75) is 5.41 Å². The Labute approximate surface area is 164 Å². The summed E-state index contributed by atoms with van der Waals surface area (Å²) in [5.74, 6) is 0.690. The molecule has 2 aliphatic rings. The Balaban J connectivity index is 1.80. The molecular formula is C25H17BO2. The second kappa shape index (κ2) is 5.60. The summed E-state index contributed by atoms with van der Waals surface area (Å²) in [6, 6.07) is 32.3. The third-order valence-corrected chi connectivity index (χ3v) is 6.20. The molecule has 0 amide bonds. The largest absolute Gasteiger partial charge is 0.539 e. The fraction of sp³-hybridized carbons (Fsp3) is 0.0400. The zero-order valence-electron chi connectivity index (χ0n) is 15.2. The van der Waals surface area contributed by atoms with Crippen molar-refractivity contribution >= 4 is 7.69 Å². The summed E-state index contributed by atoms with van der Waals surface area (Å²) in [5, 5.41) is 9.29. The van der Waals surface area contributed by atoms with Gasteiger partial charge < -0.3 is 9.68 Å². The van der Waals surface area contributed by atoms with Crippen molar-refractivity contribution in [2.75, 3.05) is 0 Å². The fourth-order valence-electron chi connectivity index (χ4n) is 5.24. The minimum atomic E-state index is -0.353. The molecule has 0 unspecified atom stereocenters. The van der Waals surface area contributed by atoms with E-state index in [2.05, 4.69) is 84.9 Å². The zero-order chi connectivity index (χ0) is 18.7. The van der Waals surface area contributed by atoms with E-state index < -0.39 is 0 Å². The van der Waals surface area contributed by atoms with E-state index in [4.69, 9.17) is 4.65 Å². The van der Waals surface area contributed by atoms with Crippen molar-refractivity contribution in [3.05, 3.63) is 113 Å². The number of hydrogen-bond donors (Lipinski definition) is 1. The molecule has 0 saturated carbocycles. The molecule has 4 aromatic rings. The van der Waals surface area contributed by atoms with Gasteiger partial charge in [0.05, 0.1) is 5.41 Å². The van der Waals surface area contributed by atoms with Crippen molar-refractivity contribution in [1.29, 1.82) is 0 Å². The molecule has 0 aliphatic heterocycles. The van der Waals surface area contributed by atoms with Crippen LogP contribution in [0.2, 0.25) is 0 Å². The second-order valence-electron chi connectivity index (χ2n) is 7.37. The topological polar surface area (TPSA) is 29.5 Å². The van der Waals surface area contributed by atoms with E-state index in [1.807, 2.05) is 6.07 Å². The molecule has 2 aliphatic carbocycles. The Kier molecular flexibility index (Phi) is 3.15. The Hall–Kier alpha value is -3.30. The Morgan fingerprint density at radius 2 is 1.04 bits per heavy atom. The molecule has 6 rings (SSSR count). The molecule has 1 N–H and O–H groups in total. The van der Waals surface area contributed by atoms with Crippen LogP contribution in [0, 0.1) is 0 Å². The first-order valence-corrected chi connectivity index (χ1v) is 9.53. The second-order valence-corrected chi connectivity index (χ2v) is 7.37. The normalized spacial score (nSPS) is 14.2. The van der Waals surface area contributed by atoms with Crippen LogP contribution < -0.4 is 4.65 Å². The molecule has 132 valence electrons. The molecule has 4 aromatic carbocycles. The van der Waals surface area contributed by atoms with Crippen LogP contribution in [0.25, 0.3) is 22.3 Å². The lowest BCUT2D eigenvalue weighted by Crippen LogP contribution is -2.25. The maximum atomic E-state index is 9.29. The average Bonchev–Trinajstić information content (AvgIpc) is 3.21. The van der Waals surface area contributed by atoms with Gasteiger partial charge in [0.1, 0.15) is 5.75 Å². The van der Waals surface area contributed by atoms with E-state index in [0.717, 1.165) is 0 Å². The lowest BCUT2D eigenvalue weighted by Gasteiger charge is -2.30. The summed E-state index contributed by atoms with van der Waals surface area (Å²) in [7, 11) is -0.327. The van der Waals surface area contributed by atoms with Crippen molar-refractivity contribution in [2.24, 2.45) is 0 Å². The molecule has 0 atom stereocenters. The van der Waals surface area contributed by atoms with E-state index in [-0.39, 0.29) is 13.1 Å². The monoisotopic (exact) mass is 360 g/mol. The third kappa shape index (κ3) is 1.77. The van der Waals surface area contributed by atoms with Crippen LogP contribution in [0.15, 0.2) is 91.0 Å². The first kappa shape index (κ1) is 15.7. The highest BCUT2D eigenvalue weighted by Gasteiger charge is 2.51. The molecule has 0 radical (unpaired) electrons. The minimum absolute atomic E-state index is 0.327. The first-order valence-electron chi connectivity index (χ1n) is 9.53. The zero-order valence-corrected chi connectivity index (χ0v) is 15.2. The van der Waals surface area contributed by atoms with Gasteiger partial charge in [0, 0.05) is 0 Å². The third-order valence-electron chi connectivity index (χ3n) is 6.20. The van der Waals surface area contributed by atoms with Crippen molar-refractivity contribution in [3.63, 3.8) is 0 Å². The Morgan fingerprint density at radius 3 is 1.54 bits per heavy atom. The van der Waals surface area contributed by atoms with Gasteiger partial charge in [-0.05, 0) is 56.6 Å². The SMILES string of the molecule is OBOc1ccc2c(c1)C1(c3ccccc3-c3ccccc31)c1ccccc1-2. The maximum absolute atomic E-state index is 9.29. The van der Waals surface area contributed by atoms with E-state index >= 15 is 0 Å². The summed E-state index contributed by atoms with van der Waals surface area (Å²) in [5.41, 5.74) is 9.86. The van der Waals surface area contributed by atoms with Crippen LogP contribution in [-0.4, -0.2) is 12.7 Å². The Morgan fingerprint density at radius 1 is 0.571 bits per heavy atom. The van der Waals surface area contributed by atoms with Gasteiger partial charge in [0.15, 0.2) is 0 Å². The standard InChI is InChI=1S/C25H17BO2/c27-26-28-16-13-14-20-19-9-3-6-12-23(19)25(24(20)15-16)21-10-4-1-7-17(21)18-8-2-5-11-22(18)25/h1-15,26-27H. The molecule has 0 aromatic heterocycles. The molecule has 28 heavy (non-hydrogen) atoms. The van der Waals surface area contributed by atoms with Crippen molar-refractivity contribution in [1.82, 2.24) is 0 Å². The number of hydrogen-bond acceptors (Lipinski definition) is 2. The van der Waals surface area contributed by atoms with E-state index in [0.29, 0.717) is 5.75 Å². The fourth-order valence-corrected chi connectivity index (χ4v) is 5.24. The average molecular weight is 360 g/mol. The van der Waals surface area contributed by atoms with Crippen LogP contribution >= 0.6 is 0 Å². The molecule has 0 bridgehead atoms. The highest BCUT2D eigenvalue weighted by Crippen LogP contribution is 2.62. The first-order chi connectivity index (χ1) is 13.9. The van der Waals surface area contributed by atoms with Gasteiger partial charge in [-0.15, -0.1) is 0 Å². The maximum Gasteiger partial charge on any atom is 0.504 e. The molecule has 3 heteroatoms. The number of rotatable bonds is 2. The predicted octanol–water partition coefficient (Wildman–Crippen LogP) is 4.67. The van der Waals surface area contributed by atoms with Gasteiger partial charge in [-0.1, -0.05) is 78.9 Å². The van der Waals surface area contributed by atoms with Crippen LogP contribution in [0.5, 0.6) is 5.75 Å². The van der Waals surface area contributed by atoms with Gasteiger partial charge in [-0.25, -0.2) is 0 Å². The van der Waals surface area contributed by atoms with Gasteiger partial charge >= 0.3 is 7.69 Å². The summed E-state index contributed by atoms with van der Waals surface area (Å²) >= 11 is 0. The smallest absolute Gasteiger partial charge is 0.504 e. The molecule has 0 fully saturated rings. The van der Waals surface area contributed by atoms with E-state index in [1.54, 1.807) is 0 Å². The van der Waals surface area contributed by atoms with Crippen LogP contribution in [0.1, 0.15) is 22.3 Å². The quantitative estimate of drug-likeness (QED) is 0.455. The molecular weight excluding hydrogens is 343 g/mol. The molecule has 2 nitrogen and oxygen atoms in total. The molecule has 0 saturated heterocycles.